The Morgan fingerprint density at radius 1 is 1.33 bits per heavy atom. The molecule has 3 aromatic heterocycles. The number of likely N-dealkylation sites (tertiary alicyclic amines) is 1. The van der Waals surface area contributed by atoms with Crippen LogP contribution in [0.25, 0.3) is 10.2 Å². The Morgan fingerprint density at radius 2 is 2.19 bits per heavy atom. The van der Waals surface area contributed by atoms with Gasteiger partial charge in [0.25, 0.3) is 5.91 Å². The maximum Gasteiger partial charge on any atom is 0.274 e. The fraction of sp³-hybridized carbons (Fsp3) is 0.368. The van der Waals surface area contributed by atoms with Crippen LogP contribution in [-0.4, -0.2) is 52.1 Å². The second kappa shape index (κ2) is 6.24. The number of hydrogen-bond donors (Lipinski definition) is 1. The molecule has 0 aliphatic carbocycles. The van der Waals surface area contributed by atoms with Crippen LogP contribution in [0.3, 0.4) is 0 Å². The van der Waals surface area contributed by atoms with Crippen LogP contribution in [0.4, 0.5) is 5.95 Å². The van der Waals surface area contributed by atoms with E-state index < -0.39 is 0 Å². The molecule has 7 nitrogen and oxygen atoms in total. The highest BCUT2D eigenvalue weighted by Crippen LogP contribution is 2.39. The van der Waals surface area contributed by atoms with Crippen molar-refractivity contribution in [2.24, 2.45) is 5.41 Å². The van der Waals surface area contributed by atoms with Crippen LogP contribution in [0, 0.1) is 5.41 Å². The highest BCUT2D eigenvalue weighted by molar-refractivity contribution is 7.17. The van der Waals surface area contributed by atoms with Gasteiger partial charge in [-0.05, 0) is 30.0 Å². The molecule has 138 valence electrons. The Kier molecular flexibility index (Phi) is 3.84. The molecule has 0 unspecified atom stereocenters. The van der Waals surface area contributed by atoms with Gasteiger partial charge >= 0.3 is 0 Å². The van der Waals surface area contributed by atoms with Gasteiger partial charge in [0.2, 0.25) is 5.95 Å². The average molecular weight is 381 g/mol. The van der Waals surface area contributed by atoms with E-state index in [9.17, 15) is 4.79 Å². The first-order valence-corrected chi connectivity index (χ1v) is 9.80. The zero-order valence-electron chi connectivity index (χ0n) is 14.9. The Morgan fingerprint density at radius 3 is 2.89 bits per heavy atom. The molecule has 2 aliphatic heterocycles. The minimum atomic E-state index is -0.0283. The van der Waals surface area contributed by atoms with Crippen molar-refractivity contribution in [1.82, 2.24) is 19.9 Å². The summed E-state index contributed by atoms with van der Waals surface area (Å²) in [6.45, 7) is 5.03. The Labute approximate surface area is 160 Å². The molecule has 0 radical (unpaired) electrons. The third-order valence-electron chi connectivity index (χ3n) is 5.19. The number of aromatic nitrogens is 3. The molecule has 3 aromatic rings. The summed E-state index contributed by atoms with van der Waals surface area (Å²) in [5, 5.41) is 5.25. The number of nitrogens with zero attached hydrogens (tertiary/aromatic N) is 4. The third-order valence-corrected chi connectivity index (χ3v) is 6.10. The summed E-state index contributed by atoms with van der Waals surface area (Å²) < 4.78 is 6.14. The fourth-order valence-corrected chi connectivity index (χ4v) is 4.42. The van der Waals surface area contributed by atoms with Crippen molar-refractivity contribution in [2.45, 2.75) is 13.0 Å². The Bertz CT molecular complexity index is 994. The molecule has 5 rings (SSSR count). The lowest BCUT2D eigenvalue weighted by molar-refractivity contribution is -0.176. The van der Waals surface area contributed by atoms with Crippen molar-refractivity contribution in [3.63, 3.8) is 0 Å². The quantitative estimate of drug-likeness (QED) is 0.749. The molecule has 27 heavy (non-hydrogen) atoms. The highest BCUT2D eigenvalue weighted by Gasteiger charge is 2.51. The van der Waals surface area contributed by atoms with Gasteiger partial charge in [-0.1, -0.05) is 6.07 Å². The summed E-state index contributed by atoms with van der Waals surface area (Å²) in [7, 11) is 0. The topological polar surface area (TPSA) is 80.2 Å². The number of rotatable bonds is 4. The van der Waals surface area contributed by atoms with Gasteiger partial charge in [0, 0.05) is 25.5 Å². The van der Waals surface area contributed by atoms with E-state index in [1.54, 1.807) is 6.20 Å². The number of carbonyl (C=O) groups is 1. The van der Waals surface area contributed by atoms with E-state index in [-0.39, 0.29) is 17.4 Å². The van der Waals surface area contributed by atoms with Crippen LogP contribution in [0.2, 0.25) is 0 Å². The van der Waals surface area contributed by atoms with Crippen molar-refractivity contribution < 1.29 is 9.53 Å². The molecule has 5 heterocycles. The molecular formula is C19H19N5O2S. The number of ether oxygens (including phenoxy) is 1. The summed E-state index contributed by atoms with van der Waals surface area (Å²) in [5.74, 6) is 0.433. The lowest BCUT2D eigenvalue weighted by Crippen LogP contribution is -2.67. The molecule has 0 saturated carbocycles. The predicted molar refractivity (Wildman–Crippen MR) is 103 cm³/mol. The van der Waals surface area contributed by atoms with Crippen LogP contribution in [0.1, 0.15) is 29.0 Å². The minimum absolute atomic E-state index is 0.0165. The van der Waals surface area contributed by atoms with Gasteiger partial charge in [-0.3, -0.25) is 9.78 Å². The normalized spacial score (nSPS) is 18.8. The minimum Gasteiger partial charge on any atom is -0.380 e. The first-order chi connectivity index (χ1) is 13.1. The van der Waals surface area contributed by atoms with E-state index in [1.165, 1.54) is 11.3 Å². The number of carbonyl (C=O) groups excluding carboxylic acids is 1. The number of pyridine rings is 1. The molecule has 1 N–H and O–H groups in total. The smallest absolute Gasteiger partial charge is 0.274 e. The molecule has 0 aromatic carbocycles. The van der Waals surface area contributed by atoms with Crippen molar-refractivity contribution in [3.8, 4) is 0 Å². The number of fused-ring (bicyclic) bond motifs is 1. The van der Waals surface area contributed by atoms with E-state index >= 15 is 0 Å². The van der Waals surface area contributed by atoms with E-state index in [0.717, 1.165) is 42.1 Å². The summed E-state index contributed by atoms with van der Waals surface area (Å²) in [4.78, 5) is 28.2. The largest absolute Gasteiger partial charge is 0.380 e. The van der Waals surface area contributed by atoms with Crippen molar-refractivity contribution in [2.75, 3.05) is 31.6 Å². The third kappa shape index (κ3) is 2.85. The highest BCUT2D eigenvalue weighted by atomic mass is 32.1. The monoisotopic (exact) mass is 381 g/mol. The van der Waals surface area contributed by atoms with Crippen LogP contribution in [0.15, 0.2) is 36.0 Å². The number of amides is 1. The lowest BCUT2D eigenvalue weighted by atomic mass is 9.78. The lowest BCUT2D eigenvalue weighted by Gasteiger charge is -2.54. The van der Waals surface area contributed by atoms with Gasteiger partial charge in [0.1, 0.15) is 0 Å². The van der Waals surface area contributed by atoms with E-state index in [1.807, 2.05) is 41.6 Å². The van der Waals surface area contributed by atoms with Gasteiger partial charge in [-0.2, -0.15) is 0 Å². The van der Waals surface area contributed by atoms with Gasteiger partial charge in [0.15, 0.2) is 5.69 Å². The van der Waals surface area contributed by atoms with E-state index in [4.69, 9.17) is 4.74 Å². The maximum absolute atomic E-state index is 13.0. The van der Waals surface area contributed by atoms with Crippen LogP contribution in [-0.2, 0) is 4.74 Å². The molecular weight excluding hydrogens is 362 g/mol. The maximum atomic E-state index is 13.0. The van der Waals surface area contributed by atoms with Gasteiger partial charge < -0.3 is 15.0 Å². The standard InChI is InChI=1S/C19H19N5O2S/c1-12(13-3-2-5-20-7-13)21-18-22-14-4-6-27-16(14)15(23-18)17(25)24-8-19(9-24)10-26-11-19/h2-7,12H,8-11H2,1H3,(H,21,22,23)/t12-/m0/s1. The molecule has 2 saturated heterocycles. The molecule has 0 bridgehead atoms. The van der Waals surface area contributed by atoms with Gasteiger partial charge in [0.05, 0.1) is 34.9 Å². The van der Waals surface area contributed by atoms with Crippen LogP contribution >= 0.6 is 11.3 Å². The molecule has 8 heteroatoms. The first kappa shape index (κ1) is 16.6. The average Bonchev–Trinajstić information content (AvgIpc) is 3.07. The summed E-state index contributed by atoms with van der Waals surface area (Å²) in [5.41, 5.74) is 2.49. The van der Waals surface area contributed by atoms with Crippen molar-refractivity contribution in [1.29, 1.82) is 0 Å². The first-order valence-electron chi connectivity index (χ1n) is 8.92. The molecule has 2 fully saturated rings. The zero-order chi connectivity index (χ0) is 18.4. The molecule has 1 spiro atoms. The zero-order valence-corrected chi connectivity index (χ0v) is 15.7. The number of thiophene rings is 1. The van der Waals surface area contributed by atoms with Gasteiger partial charge in [-0.25, -0.2) is 9.97 Å². The molecule has 1 atom stereocenters. The summed E-state index contributed by atoms with van der Waals surface area (Å²) >= 11 is 1.50. The van der Waals surface area contributed by atoms with Gasteiger partial charge in [-0.15, -0.1) is 11.3 Å². The number of nitrogens with one attached hydrogen (secondary N) is 1. The van der Waals surface area contributed by atoms with Crippen LogP contribution in [0.5, 0.6) is 0 Å². The second-order valence-electron chi connectivity index (χ2n) is 7.34. The predicted octanol–water partition coefficient (Wildman–Crippen LogP) is 2.73. The summed E-state index contributed by atoms with van der Waals surface area (Å²) in [6, 6.07) is 5.81. The van der Waals surface area contributed by atoms with Crippen LogP contribution < -0.4 is 5.32 Å². The fourth-order valence-electron chi connectivity index (χ4n) is 3.61. The molecule has 1 amide bonds. The second-order valence-corrected chi connectivity index (χ2v) is 8.25. The summed E-state index contributed by atoms with van der Waals surface area (Å²) in [6.07, 6.45) is 3.56. The van der Waals surface area contributed by atoms with Crippen molar-refractivity contribution >= 4 is 33.4 Å². The Balaban J connectivity index is 1.42. The number of hydrogen-bond acceptors (Lipinski definition) is 7. The number of anilines is 1. The molecule has 2 aliphatic rings. The van der Waals surface area contributed by atoms with E-state index in [2.05, 4.69) is 20.3 Å². The SMILES string of the molecule is C[C@H](Nc1nc(C(=O)N2CC3(COC3)C2)c2sccc2n1)c1cccnc1. The Hall–Kier alpha value is -2.58. The van der Waals surface area contributed by atoms with Crippen molar-refractivity contribution in [3.05, 3.63) is 47.2 Å². The van der Waals surface area contributed by atoms with E-state index in [0.29, 0.717) is 11.6 Å².